The molecule has 0 spiro atoms. The van der Waals surface area contributed by atoms with Gasteiger partial charge in [0, 0.05) is 19.2 Å². The Kier molecular flexibility index (Phi) is 8.15. The Labute approximate surface area is 205 Å². The molecule has 0 saturated carbocycles. The van der Waals surface area contributed by atoms with Gasteiger partial charge in [-0.05, 0) is 54.3 Å². The molecule has 3 rings (SSSR count). The summed E-state index contributed by atoms with van der Waals surface area (Å²) in [4.78, 5) is 15.7. The van der Waals surface area contributed by atoms with Gasteiger partial charge < -0.3 is 11.1 Å². The van der Waals surface area contributed by atoms with Gasteiger partial charge in [-0.2, -0.15) is 13.1 Å². The van der Waals surface area contributed by atoms with E-state index in [1.165, 1.54) is 12.1 Å². The summed E-state index contributed by atoms with van der Waals surface area (Å²) in [7, 11) is -4.12. The van der Waals surface area contributed by atoms with Gasteiger partial charge in [0.1, 0.15) is 5.82 Å². The molecule has 0 aliphatic rings. The average molecular weight is 526 g/mol. The fourth-order valence-electron chi connectivity index (χ4n) is 3.28. The first-order chi connectivity index (χ1) is 16.9. The molecule has 1 aromatic heterocycles. The quantitative estimate of drug-likeness (QED) is 0.297. The summed E-state index contributed by atoms with van der Waals surface area (Å²) in [6.45, 7) is 3.46. The van der Waals surface area contributed by atoms with Crippen molar-refractivity contribution in [3.63, 3.8) is 0 Å². The molecule has 0 saturated heterocycles. The van der Waals surface area contributed by atoms with Gasteiger partial charge in [0.2, 0.25) is 0 Å². The number of benzene rings is 2. The summed E-state index contributed by atoms with van der Waals surface area (Å²) in [6, 6.07) is 6.02. The number of nitrogens with zero attached hydrogens (tertiary/aromatic N) is 1. The standard InChI is InChI=1S/C23H23F4N5O3S/c1-3-7-30-36(34,35)32-23-19(26)13(6-8-29-23)10-14-11-15(22(28)33)21(20(27)18(14)25)31-17-5-4-12(2)9-16(17)24/h4-6,8-9,11,30-31H,3,7,10H2,1-2H3,(H2,28,33)(H,29,32). The molecule has 0 atom stereocenters. The van der Waals surface area contributed by atoms with Gasteiger partial charge in [0.15, 0.2) is 23.3 Å². The molecule has 36 heavy (non-hydrogen) atoms. The van der Waals surface area contributed by atoms with Gasteiger partial charge in [0.05, 0.1) is 16.9 Å². The Morgan fingerprint density at radius 1 is 1.03 bits per heavy atom. The van der Waals surface area contributed by atoms with Crippen molar-refractivity contribution in [1.29, 1.82) is 0 Å². The lowest BCUT2D eigenvalue weighted by Gasteiger charge is -2.16. The zero-order chi connectivity index (χ0) is 26.6. The average Bonchev–Trinajstić information content (AvgIpc) is 2.81. The molecule has 0 aliphatic carbocycles. The van der Waals surface area contributed by atoms with Crippen LogP contribution in [0.15, 0.2) is 36.5 Å². The number of primary amides is 1. The molecule has 0 unspecified atom stereocenters. The van der Waals surface area contributed by atoms with Crippen molar-refractivity contribution in [1.82, 2.24) is 9.71 Å². The van der Waals surface area contributed by atoms with Crippen LogP contribution in [-0.4, -0.2) is 25.9 Å². The number of hydrogen-bond acceptors (Lipinski definition) is 5. The van der Waals surface area contributed by atoms with Crippen molar-refractivity contribution in [2.24, 2.45) is 5.73 Å². The Balaban J connectivity index is 1.99. The minimum Gasteiger partial charge on any atom is -0.366 e. The van der Waals surface area contributed by atoms with Crippen molar-refractivity contribution in [2.45, 2.75) is 26.7 Å². The molecule has 13 heteroatoms. The molecule has 1 amide bonds. The Morgan fingerprint density at radius 2 is 1.75 bits per heavy atom. The summed E-state index contributed by atoms with van der Waals surface area (Å²) >= 11 is 0. The number of carbonyl (C=O) groups is 1. The summed E-state index contributed by atoms with van der Waals surface area (Å²) in [6.07, 6.45) is 0.994. The number of aryl methyl sites for hydroxylation is 1. The highest BCUT2D eigenvalue weighted by molar-refractivity contribution is 7.90. The molecular weight excluding hydrogens is 502 g/mol. The van der Waals surface area contributed by atoms with Crippen molar-refractivity contribution in [3.05, 3.63) is 82.1 Å². The molecule has 0 bridgehead atoms. The van der Waals surface area contributed by atoms with Gasteiger partial charge in [-0.1, -0.05) is 13.0 Å². The molecule has 2 aromatic carbocycles. The first-order valence-electron chi connectivity index (χ1n) is 10.7. The Morgan fingerprint density at radius 3 is 2.39 bits per heavy atom. The second kappa shape index (κ2) is 10.9. The molecule has 1 heterocycles. The van der Waals surface area contributed by atoms with E-state index in [1.807, 2.05) is 4.72 Å². The van der Waals surface area contributed by atoms with Crippen molar-refractivity contribution in [3.8, 4) is 0 Å². The second-order valence-corrected chi connectivity index (χ2v) is 9.37. The van der Waals surface area contributed by atoms with Gasteiger partial charge in [-0.25, -0.2) is 22.5 Å². The number of amides is 1. The predicted octanol–water partition coefficient (Wildman–Crippen LogP) is 4.04. The number of carbonyl (C=O) groups excluding carboxylic acids is 1. The van der Waals surface area contributed by atoms with E-state index < -0.39 is 68.4 Å². The smallest absolute Gasteiger partial charge is 0.300 e. The van der Waals surface area contributed by atoms with Crippen LogP contribution in [-0.2, 0) is 16.6 Å². The van der Waals surface area contributed by atoms with Gasteiger partial charge in [0.25, 0.3) is 16.1 Å². The summed E-state index contributed by atoms with van der Waals surface area (Å²) < 4.78 is 87.3. The lowest BCUT2D eigenvalue weighted by Crippen LogP contribution is -2.31. The largest absolute Gasteiger partial charge is 0.366 e. The molecular formula is C23H23F4N5O3S. The number of aromatic nitrogens is 1. The lowest BCUT2D eigenvalue weighted by molar-refractivity contribution is 0.100. The normalized spacial score (nSPS) is 11.4. The predicted molar refractivity (Wildman–Crippen MR) is 127 cm³/mol. The number of anilines is 3. The Bertz CT molecular complexity index is 1420. The minimum atomic E-state index is -4.12. The topological polar surface area (TPSA) is 126 Å². The molecule has 0 aliphatic heterocycles. The van der Waals surface area contributed by atoms with Crippen molar-refractivity contribution < 1.29 is 30.8 Å². The van der Waals surface area contributed by atoms with E-state index in [9.17, 15) is 26.4 Å². The third-order valence-electron chi connectivity index (χ3n) is 5.05. The fourth-order valence-corrected chi connectivity index (χ4v) is 4.22. The summed E-state index contributed by atoms with van der Waals surface area (Å²) in [5, 5.41) is 2.35. The van der Waals surface area contributed by atoms with Crippen LogP contribution in [0, 0.1) is 30.2 Å². The zero-order valence-corrected chi connectivity index (χ0v) is 20.1. The highest BCUT2D eigenvalue weighted by Gasteiger charge is 2.24. The highest BCUT2D eigenvalue weighted by atomic mass is 32.2. The minimum absolute atomic E-state index is 0.101. The van der Waals surface area contributed by atoms with Crippen LogP contribution in [0.3, 0.4) is 0 Å². The molecule has 0 radical (unpaired) electrons. The van der Waals surface area contributed by atoms with Crippen LogP contribution < -0.4 is 20.5 Å². The fraction of sp³-hybridized carbons (Fsp3) is 0.217. The molecule has 192 valence electrons. The van der Waals surface area contributed by atoms with Crippen LogP contribution in [0.4, 0.5) is 34.8 Å². The molecule has 0 fully saturated rings. The third-order valence-corrected chi connectivity index (χ3v) is 6.10. The maximum Gasteiger partial charge on any atom is 0.300 e. The maximum atomic E-state index is 15.0. The second-order valence-electron chi connectivity index (χ2n) is 7.87. The molecule has 3 aromatic rings. The van der Waals surface area contributed by atoms with E-state index in [0.717, 1.165) is 24.4 Å². The van der Waals surface area contributed by atoms with E-state index in [-0.39, 0.29) is 17.8 Å². The zero-order valence-electron chi connectivity index (χ0n) is 19.3. The lowest BCUT2D eigenvalue weighted by atomic mass is 10.00. The van der Waals surface area contributed by atoms with Crippen LogP contribution in [0.2, 0.25) is 0 Å². The number of nitrogens with two attached hydrogens (primary N) is 1. The van der Waals surface area contributed by atoms with Crippen molar-refractivity contribution >= 4 is 33.3 Å². The SMILES string of the molecule is CCCNS(=O)(=O)Nc1nccc(Cc2cc(C(N)=O)c(Nc3ccc(C)cc3F)c(F)c2F)c1F. The van der Waals surface area contributed by atoms with Crippen LogP contribution in [0.5, 0.6) is 0 Å². The first-order valence-corrected chi connectivity index (χ1v) is 12.2. The van der Waals surface area contributed by atoms with E-state index in [2.05, 4.69) is 15.0 Å². The van der Waals surface area contributed by atoms with Crippen LogP contribution in [0.1, 0.15) is 40.4 Å². The monoisotopic (exact) mass is 525 g/mol. The third kappa shape index (κ3) is 6.10. The highest BCUT2D eigenvalue weighted by Crippen LogP contribution is 2.31. The number of nitrogens with one attached hydrogen (secondary N) is 3. The van der Waals surface area contributed by atoms with Gasteiger partial charge >= 0.3 is 0 Å². The molecule has 5 N–H and O–H groups in total. The van der Waals surface area contributed by atoms with Gasteiger partial charge in [-0.15, -0.1) is 0 Å². The van der Waals surface area contributed by atoms with E-state index in [0.29, 0.717) is 12.0 Å². The maximum absolute atomic E-state index is 15.0. The first kappa shape index (κ1) is 26.9. The van der Waals surface area contributed by atoms with Crippen molar-refractivity contribution in [2.75, 3.05) is 16.6 Å². The van der Waals surface area contributed by atoms with E-state index in [4.69, 9.17) is 5.73 Å². The number of hydrogen-bond donors (Lipinski definition) is 4. The van der Waals surface area contributed by atoms with Crippen LogP contribution in [0.25, 0.3) is 0 Å². The van der Waals surface area contributed by atoms with E-state index in [1.54, 1.807) is 13.8 Å². The summed E-state index contributed by atoms with van der Waals surface area (Å²) in [5.41, 5.74) is 3.84. The molecule has 8 nitrogen and oxygen atoms in total. The van der Waals surface area contributed by atoms with Crippen LogP contribution >= 0.6 is 0 Å². The number of pyridine rings is 1. The number of rotatable bonds is 10. The van der Waals surface area contributed by atoms with E-state index >= 15 is 4.39 Å². The Hall–Kier alpha value is -3.71. The summed E-state index contributed by atoms with van der Waals surface area (Å²) in [5.74, 6) is -6.64. The number of halogens is 4. The van der Waals surface area contributed by atoms with Gasteiger partial charge in [-0.3, -0.25) is 9.52 Å².